The highest BCUT2D eigenvalue weighted by Crippen LogP contribution is 2.44. The quantitative estimate of drug-likeness (QED) is 0.649. The Morgan fingerprint density at radius 1 is 0.969 bits per heavy atom. The van der Waals surface area contributed by atoms with Crippen LogP contribution in [0.1, 0.15) is 50.7 Å². The number of hydrogen-bond acceptors (Lipinski definition) is 4. The molecule has 0 fully saturated rings. The maximum Gasteiger partial charge on any atom is 0.407 e. The Labute approximate surface area is 188 Å². The van der Waals surface area contributed by atoms with E-state index in [0.29, 0.717) is 0 Å². The van der Waals surface area contributed by atoms with Crippen molar-refractivity contribution in [1.82, 2.24) is 10.2 Å². The number of carbonyl (C=O) groups excluding carboxylic acids is 2. The van der Waals surface area contributed by atoms with Crippen molar-refractivity contribution in [3.05, 3.63) is 59.7 Å². The van der Waals surface area contributed by atoms with Gasteiger partial charge in [-0.15, -0.1) is 0 Å². The van der Waals surface area contributed by atoms with Gasteiger partial charge in [0.25, 0.3) is 0 Å². The number of benzene rings is 2. The summed E-state index contributed by atoms with van der Waals surface area (Å²) in [5.74, 6) is -1.19. The molecule has 2 amide bonds. The first-order chi connectivity index (χ1) is 15.2. The maximum atomic E-state index is 12.6. The molecule has 0 saturated heterocycles. The van der Waals surface area contributed by atoms with Gasteiger partial charge in [0.2, 0.25) is 5.91 Å². The number of carbonyl (C=O) groups is 3. The Hall–Kier alpha value is -3.35. The van der Waals surface area contributed by atoms with Crippen molar-refractivity contribution in [2.45, 2.75) is 45.1 Å². The first-order valence-corrected chi connectivity index (χ1v) is 10.8. The summed E-state index contributed by atoms with van der Waals surface area (Å²) in [6.45, 7) is 6.02. The fraction of sp³-hybridized carbons (Fsp3) is 0.400. The van der Waals surface area contributed by atoms with E-state index in [1.165, 1.54) is 4.90 Å². The summed E-state index contributed by atoms with van der Waals surface area (Å²) < 4.78 is 5.48. The molecule has 0 aliphatic heterocycles. The molecule has 0 atom stereocenters. The highest BCUT2D eigenvalue weighted by atomic mass is 16.5. The van der Waals surface area contributed by atoms with E-state index in [1.807, 2.05) is 45.0 Å². The molecule has 2 N–H and O–H groups in total. The van der Waals surface area contributed by atoms with Crippen LogP contribution in [0, 0.1) is 0 Å². The minimum atomic E-state index is -0.955. The van der Waals surface area contributed by atoms with Crippen LogP contribution in [0.4, 0.5) is 4.79 Å². The number of rotatable bonds is 8. The second kappa shape index (κ2) is 9.85. The second-order valence-corrected chi connectivity index (χ2v) is 8.86. The SMILES string of the molecule is CC(C)(C)N(CCC(=O)O)C(=O)CCNC(=O)OCC1c2ccccc2-c2ccccc21. The van der Waals surface area contributed by atoms with Gasteiger partial charge in [0, 0.05) is 31.0 Å². The van der Waals surface area contributed by atoms with Crippen molar-refractivity contribution in [3.63, 3.8) is 0 Å². The Balaban J connectivity index is 1.52. The predicted octanol–water partition coefficient (Wildman–Crippen LogP) is 4.02. The van der Waals surface area contributed by atoms with Gasteiger partial charge in [-0.3, -0.25) is 9.59 Å². The molecule has 0 bridgehead atoms. The smallest absolute Gasteiger partial charge is 0.407 e. The molecule has 2 aromatic rings. The van der Waals surface area contributed by atoms with Gasteiger partial charge in [-0.1, -0.05) is 48.5 Å². The summed E-state index contributed by atoms with van der Waals surface area (Å²) in [7, 11) is 0. The fourth-order valence-corrected chi connectivity index (χ4v) is 4.10. The number of amides is 2. The zero-order valence-corrected chi connectivity index (χ0v) is 18.8. The molecule has 0 spiro atoms. The van der Waals surface area contributed by atoms with Crippen molar-refractivity contribution in [3.8, 4) is 11.1 Å². The van der Waals surface area contributed by atoms with Crippen molar-refractivity contribution in [2.75, 3.05) is 19.7 Å². The number of alkyl carbamates (subject to hydrolysis) is 1. The third kappa shape index (κ3) is 5.46. The molecule has 7 nitrogen and oxygen atoms in total. The number of hydrogen-bond donors (Lipinski definition) is 2. The molecule has 170 valence electrons. The minimum absolute atomic E-state index is 0.0258. The Morgan fingerprint density at radius 3 is 2.06 bits per heavy atom. The molecule has 2 aromatic carbocycles. The van der Waals surface area contributed by atoms with Gasteiger partial charge in [-0.05, 0) is 43.0 Å². The van der Waals surface area contributed by atoms with Gasteiger partial charge in [0.1, 0.15) is 6.61 Å². The number of ether oxygens (including phenoxy) is 1. The number of aliphatic carboxylic acids is 1. The number of carboxylic acid groups (broad SMARTS) is 1. The zero-order valence-electron chi connectivity index (χ0n) is 18.8. The number of nitrogens with zero attached hydrogens (tertiary/aromatic N) is 1. The van der Waals surface area contributed by atoms with Gasteiger partial charge in [0.05, 0.1) is 6.42 Å². The molecule has 0 unspecified atom stereocenters. The van der Waals surface area contributed by atoms with E-state index < -0.39 is 17.6 Å². The summed E-state index contributed by atoms with van der Waals surface area (Å²) in [6, 6.07) is 16.2. The van der Waals surface area contributed by atoms with Crippen LogP contribution in [0.15, 0.2) is 48.5 Å². The molecule has 0 aromatic heterocycles. The van der Waals surface area contributed by atoms with Crippen molar-refractivity contribution >= 4 is 18.0 Å². The van der Waals surface area contributed by atoms with Crippen LogP contribution in [0.25, 0.3) is 11.1 Å². The second-order valence-electron chi connectivity index (χ2n) is 8.86. The van der Waals surface area contributed by atoms with Crippen molar-refractivity contribution in [2.24, 2.45) is 0 Å². The average Bonchev–Trinajstić information content (AvgIpc) is 3.05. The first-order valence-electron chi connectivity index (χ1n) is 10.8. The standard InChI is InChI=1S/C25H30N2O5/c1-25(2,3)27(15-13-23(29)30)22(28)12-14-26-24(31)32-16-21-19-10-6-4-8-17(19)18-9-5-7-11-20(18)21/h4-11,21H,12-16H2,1-3H3,(H,26,31)(H,29,30). The highest BCUT2D eigenvalue weighted by Gasteiger charge is 2.29. The zero-order chi connectivity index (χ0) is 23.3. The summed E-state index contributed by atoms with van der Waals surface area (Å²) in [6.07, 6.45) is -0.628. The van der Waals surface area contributed by atoms with E-state index in [9.17, 15) is 14.4 Å². The number of carboxylic acids is 1. The molecule has 7 heteroatoms. The van der Waals surface area contributed by atoms with Gasteiger partial charge in [0.15, 0.2) is 0 Å². The fourth-order valence-electron chi connectivity index (χ4n) is 4.10. The molecular formula is C25H30N2O5. The Kier molecular flexibility index (Phi) is 7.18. The Morgan fingerprint density at radius 2 is 1.53 bits per heavy atom. The Bertz CT molecular complexity index is 950. The van der Waals surface area contributed by atoms with E-state index in [4.69, 9.17) is 9.84 Å². The lowest BCUT2D eigenvalue weighted by Gasteiger charge is -2.35. The van der Waals surface area contributed by atoms with E-state index in [-0.39, 0.29) is 44.4 Å². The van der Waals surface area contributed by atoms with Crippen LogP contribution in [0.2, 0.25) is 0 Å². The first kappa shape index (κ1) is 23.3. The van der Waals surface area contributed by atoms with Crippen LogP contribution in [-0.2, 0) is 14.3 Å². The van der Waals surface area contributed by atoms with Gasteiger partial charge in [-0.25, -0.2) is 4.79 Å². The normalized spacial score (nSPS) is 12.6. The lowest BCUT2D eigenvalue weighted by molar-refractivity contribution is -0.140. The van der Waals surface area contributed by atoms with Crippen LogP contribution < -0.4 is 5.32 Å². The summed E-state index contributed by atoms with van der Waals surface area (Å²) >= 11 is 0. The highest BCUT2D eigenvalue weighted by molar-refractivity contribution is 5.80. The maximum absolute atomic E-state index is 12.6. The molecule has 0 heterocycles. The van der Waals surface area contributed by atoms with E-state index in [1.54, 1.807) is 0 Å². The number of fused-ring (bicyclic) bond motifs is 3. The van der Waals surface area contributed by atoms with E-state index in [0.717, 1.165) is 22.3 Å². The lowest BCUT2D eigenvalue weighted by Crippen LogP contribution is -2.47. The van der Waals surface area contributed by atoms with Gasteiger partial charge in [-0.2, -0.15) is 0 Å². The third-order valence-corrected chi connectivity index (χ3v) is 5.61. The van der Waals surface area contributed by atoms with Crippen LogP contribution >= 0.6 is 0 Å². The molecule has 3 rings (SSSR count). The third-order valence-electron chi connectivity index (χ3n) is 5.61. The van der Waals surface area contributed by atoms with Crippen LogP contribution in [-0.4, -0.2) is 53.2 Å². The van der Waals surface area contributed by atoms with Gasteiger partial charge < -0.3 is 20.1 Å². The van der Waals surface area contributed by atoms with Crippen molar-refractivity contribution in [1.29, 1.82) is 0 Å². The van der Waals surface area contributed by atoms with E-state index in [2.05, 4.69) is 29.6 Å². The van der Waals surface area contributed by atoms with E-state index >= 15 is 0 Å². The summed E-state index contributed by atoms with van der Waals surface area (Å²) in [4.78, 5) is 37.2. The van der Waals surface area contributed by atoms with Gasteiger partial charge >= 0.3 is 12.1 Å². The molecule has 0 saturated carbocycles. The number of nitrogens with one attached hydrogen (secondary N) is 1. The molecular weight excluding hydrogens is 408 g/mol. The minimum Gasteiger partial charge on any atom is -0.481 e. The molecule has 32 heavy (non-hydrogen) atoms. The van der Waals surface area contributed by atoms with Crippen LogP contribution in [0.5, 0.6) is 0 Å². The molecule has 1 aliphatic carbocycles. The topological polar surface area (TPSA) is 95.9 Å². The molecule has 0 radical (unpaired) electrons. The predicted molar refractivity (Wildman–Crippen MR) is 121 cm³/mol. The van der Waals surface area contributed by atoms with Crippen molar-refractivity contribution < 1.29 is 24.2 Å². The van der Waals surface area contributed by atoms with Crippen LogP contribution in [0.3, 0.4) is 0 Å². The average molecular weight is 439 g/mol. The summed E-state index contributed by atoms with van der Waals surface area (Å²) in [5, 5.41) is 11.6. The lowest BCUT2D eigenvalue weighted by atomic mass is 9.98. The monoisotopic (exact) mass is 438 g/mol. The summed E-state index contributed by atoms with van der Waals surface area (Å²) in [5.41, 5.74) is 4.08. The largest absolute Gasteiger partial charge is 0.481 e. The molecule has 1 aliphatic rings.